The number of Topliss-reactive ketones (excluding diaryl/α,β-unsaturated/α-hetero) is 1. The van der Waals surface area contributed by atoms with Crippen LogP contribution in [0.3, 0.4) is 0 Å². The van der Waals surface area contributed by atoms with Crippen molar-refractivity contribution in [2.24, 2.45) is 0 Å². The number of hydrogen-bond donors (Lipinski definition) is 0. The summed E-state index contributed by atoms with van der Waals surface area (Å²) >= 11 is 0. The van der Waals surface area contributed by atoms with Gasteiger partial charge in [-0.2, -0.15) is 0 Å². The minimum atomic E-state index is -0.798. The smallest absolute Gasteiger partial charge is 0.221 e. The lowest BCUT2D eigenvalue weighted by Gasteiger charge is -1.85. The Morgan fingerprint density at radius 3 is 2.50 bits per heavy atom. The van der Waals surface area contributed by atoms with Crippen LogP contribution < -0.4 is 0 Å². The lowest BCUT2D eigenvalue weighted by atomic mass is 10.2. The van der Waals surface area contributed by atoms with Crippen LogP contribution in [-0.2, 0) is 19.2 Å². The predicted octanol–water partition coefficient (Wildman–Crippen LogP) is -0.342. The zero-order valence-corrected chi connectivity index (χ0v) is 6.15. The molecule has 0 saturated heterocycles. The molecule has 0 unspecified atom stereocenters. The Bertz CT molecular complexity index is 269. The van der Waals surface area contributed by atoms with E-state index in [1.54, 1.807) is 0 Å². The molecule has 0 rings (SSSR count). The van der Waals surface area contributed by atoms with Crippen LogP contribution in [0.1, 0.15) is 6.42 Å². The van der Waals surface area contributed by atoms with Crippen molar-refractivity contribution in [3.8, 4) is 0 Å². The van der Waals surface area contributed by atoms with E-state index in [1.807, 2.05) is 0 Å². The molecule has 0 aliphatic rings. The maximum atomic E-state index is 10.7. The average Bonchev–Trinajstić information content (AvgIpc) is 2.10. The summed E-state index contributed by atoms with van der Waals surface area (Å²) in [5.41, 5.74) is 0. The quantitative estimate of drug-likeness (QED) is 0.242. The molecule has 4 heteroatoms. The summed E-state index contributed by atoms with van der Waals surface area (Å²) in [7, 11) is 0. The van der Waals surface area contributed by atoms with Crippen molar-refractivity contribution >= 4 is 23.8 Å². The third kappa shape index (κ3) is 4.09. The first-order valence-electron chi connectivity index (χ1n) is 3.10. The molecule has 0 aromatic rings. The molecule has 0 atom stereocenters. The third-order valence-corrected chi connectivity index (χ3v) is 0.972. The summed E-state index contributed by atoms with van der Waals surface area (Å²) in [6.07, 6.45) is 2.81. The molecule has 0 saturated carbocycles. The van der Waals surface area contributed by atoms with Crippen LogP contribution in [0.25, 0.3) is 0 Å². The Balaban J connectivity index is 4.10. The molecule has 0 spiro atoms. The lowest BCUT2D eigenvalue weighted by molar-refractivity contribution is -0.133. The minimum absolute atomic E-state index is 0.272. The van der Waals surface area contributed by atoms with E-state index in [0.29, 0.717) is 6.29 Å². The molecule has 0 aliphatic carbocycles. The molecule has 0 radical (unpaired) electrons. The molecule has 0 aromatic heterocycles. The largest absolute Gasteiger partial charge is 0.299 e. The highest BCUT2D eigenvalue weighted by atomic mass is 16.2. The molecular formula is C8H6O4. The summed E-state index contributed by atoms with van der Waals surface area (Å²) in [6, 6.07) is 0. The number of carbonyl (C=O) groups is 3. The Morgan fingerprint density at radius 1 is 1.33 bits per heavy atom. The van der Waals surface area contributed by atoms with E-state index in [-0.39, 0.29) is 6.42 Å². The first-order chi connectivity index (χ1) is 5.72. The maximum absolute atomic E-state index is 10.7. The van der Waals surface area contributed by atoms with E-state index >= 15 is 0 Å². The molecule has 0 heterocycles. The second kappa shape index (κ2) is 5.95. The van der Waals surface area contributed by atoms with Gasteiger partial charge >= 0.3 is 0 Å². The zero-order valence-electron chi connectivity index (χ0n) is 6.15. The zero-order chi connectivity index (χ0) is 9.40. The van der Waals surface area contributed by atoms with E-state index in [2.05, 4.69) is 0 Å². The minimum Gasteiger partial charge on any atom is -0.299 e. The van der Waals surface area contributed by atoms with Crippen molar-refractivity contribution in [1.82, 2.24) is 0 Å². The van der Waals surface area contributed by atoms with Crippen LogP contribution in [0, 0.1) is 0 Å². The number of hydrogen-bond acceptors (Lipinski definition) is 4. The number of rotatable bonds is 5. The first-order valence-corrected chi connectivity index (χ1v) is 3.10. The van der Waals surface area contributed by atoms with Crippen molar-refractivity contribution in [3.05, 3.63) is 18.2 Å². The topological polar surface area (TPSA) is 68.3 Å². The highest BCUT2D eigenvalue weighted by Crippen LogP contribution is 1.86. The number of carbonyl (C=O) groups excluding carboxylic acids is 4. The van der Waals surface area contributed by atoms with Crippen molar-refractivity contribution in [3.63, 3.8) is 0 Å². The Labute approximate surface area is 68.6 Å². The second-order valence-corrected chi connectivity index (χ2v) is 1.81. The Hall–Kier alpha value is -1.80. The van der Waals surface area contributed by atoms with Gasteiger partial charge in [0, 0.05) is 12.5 Å². The highest BCUT2D eigenvalue weighted by Gasteiger charge is 2.07. The number of ketones is 2. The molecule has 0 fully saturated rings. The van der Waals surface area contributed by atoms with E-state index in [0.717, 1.165) is 18.2 Å². The standard InChI is InChI=1S/C8H6O4/c9-5-1-3-7(11)8(12)4-2-6-10/h1-3,5H,4H2/b3-1-. The maximum Gasteiger partial charge on any atom is 0.221 e. The van der Waals surface area contributed by atoms with Gasteiger partial charge in [-0.3, -0.25) is 14.4 Å². The van der Waals surface area contributed by atoms with Gasteiger partial charge in [-0.25, -0.2) is 4.79 Å². The molecule has 0 N–H and O–H groups in total. The fourth-order valence-electron chi connectivity index (χ4n) is 0.455. The van der Waals surface area contributed by atoms with E-state index in [9.17, 15) is 19.2 Å². The van der Waals surface area contributed by atoms with Gasteiger partial charge in [-0.05, 0) is 12.2 Å². The van der Waals surface area contributed by atoms with Crippen LogP contribution in [0.4, 0.5) is 0 Å². The molecule has 0 bridgehead atoms. The van der Waals surface area contributed by atoms with Gasteiger partial charge in [0.15, 0.2) is 0 Å². The predicted molar refractivity (Wildman–Crippen MR) is 40.1 cm³/mol. The summed E-state index contributed by atoms with van der Waals surface area (Å²) < 4.78 is 0. The van der Waals surface area contributed by atoms with Crippen molar-refractivity contribution in [2.75, 3.05) is 0 Å². The normalized spacial score (nSPS) is 9.00. The van der Waals surface area contributed by atoms with Gasteiger partial charge in [-0.15, -0.1) is 0 Å². The average molecular weight is 166 g/mol. The molecule has 0 aromatic carbocycles. The molecule has 62 valence electrons. The van der Waals surface area contributed by atoms with Crippen LogP contribution >= 0.6 is 0 Å². The fraction of sp³-hybridized carbons (Fsp3) is 0.125. The molecule has 0 aliphatic heterocycles. The summed E-state index contributed by atoms with van der Waals surface area (Å²) in [6.45, 7) is 0. The molecule has 4 nitrogen and oxygen atoms in total. The summed E-state index contributed by atoms with van der Waals surface area (Å²) in [5.74, 6) is -0.169. The van der Waals surface area contributed by atoms with Crippen LogP contribution in [-0.4, -0.2) is 23.8 Å². The molecule has 12 heavy (non-hydrogen) atoms. The number of allylic oxidation sites excluding steroid dienone is 3. The Morgan fingerprint density at radius 2 is 2.00 bits per heavy atom. The van der Waals surface area contributed by atoms with Crippen molar-refractivity contribution in [1.29, 1.82) is 0 Å². The second-order valence-electron chi connectivity index (χ2n) is 1.81. The van der Waals surface area contributed by atoms with Crippen molar-refractivity contribution in [2.45, 2.75) is 6.42 Å². The van der Waals surface area contributed by atoms with Gasteiger partial charge in [-0.1, -0.05) is 0 Å². The van der Waals surface area contributed by atoms with E-state index in [4.69, 9.17) is 0 Å². The monoisotopic (exact) mass is 166 g/mol. The highest BCUT2D eigenvalue weighted by molar-refractivity contribution is 6.42. The Kier molecular flexibility index (Phi) is 5.05. The van der Waals surface area contributed by atoms with Crippen molar-refractivity contribution < 1.29 is 19.2 Å². The number of aldehydes is 1. The summed E-state index contributed by atoms with van der Waals surface area (Å²) in [4.78, 5) is 40.7. The fourth-order valence-corrected chi connectivity index (χ4v) is 0.455. The van der Waals surface area contributed by atoms with E-state index < -0.39 is 11.6 Å². The summed E-state index contributed by atoms with van der Waals surface area (Å²) in [5, 5.41) is 0. The van der Waals surface area contributed by atoms with Crippen LogP contribution in [0.5, 0.6) is 0 Å². The molecular weight excluding hydrogens is 160 g/mol. The SMILES string of the molecule is O=C=CCC(=O)C(=O)/C=C\C=O. The van der Waals surface area contributed by atoms with Crippen LogP contribution in [0.2, 0.25) is 0 Å². The van der Waals surface area contributed by atoms with Gasteiger partial charge in [0.05, 0.1) is 0 Å². The van der Waals surface area contributed by atoms with Gasteiger partial charge in [0.25, 0.3) is 0 Å². The first kappa shape index (κ1) is 10.2. The van der Waals surface area contributed by atoms with Gasteiger partial charge in [0.2, 0.25) is 11.6 Å². The lowest BCUT2D eigenvalue weighted by Crippen LogP contribution is -2.09. The van der Waals surface area contributed by atoms with Gasteiger partial charge < -0.3 is 0 Å². The molecule has 0 amide bonds. The van der Waals surface area contributed by atoms with Crippen LogP contribution in [0.15, 0.2) is 18.2 Å². The van der Waals surface area contributed by atoms with E-state index in [1.165, 1.54) is 5.94 Å². The third-order valence-electron chi connectivity index (χ3n) is 0.972. The van der Waals surface area contributed by atoms with Gasteiger partial charge in [0.1, 0.15) is 12.2 Å².